The fourth-order valence-electron chi connectivity index (χ4n) is 5.20. The number of nitrogens with zero attached hydrogens (tertiary/aromatic N) is 5. The first-order valence-corrected chi connectivity index (χ1v) is 15.0. The zero-order chi connectivity index (χ0) is 30.2. The molecule has 2 N–H and O–H groups in total. The average Bonchev–Trinajstić information content (AvgIpc) is 3.74. The maximum absolute atomic E-state index is 13.5. The molecule has 218 valence electrons. The fraction of sp³-hybridized carbons (Fsp3) is 0.0938. The maximum atomic E-state index is 13.5. The van der Waals surface area contributed by atoms with Gasteiger partial charge in [0.15, 0.2) is 4.96 Å². The number of hydrogen-bond acceptors (Lipinski definition) is 7. The van der Waals surface area contributed by atoms with Gasteiger partial charge in [-0.15, -0.1) is 11.3 Å². The van der Waals surface area contributed by atoms with E-state index in [1.807, 2.05) is 64.5 Å². The van der Waals surface area contributed by atoms with Crippen molar-refractivity contribution in [2.24, 2.45) is 0 Å². The monoisotopic (exact) mass is 623 g/mol. The predicted molar refractivity (Wildman–Crippen MR) is 170 cm³/mol. The summed E-state index contributed by atoms with van der Waals surface area (Å²) in [4.78, 5) is 41.9. The smallest absolute Gasteiger partial charge is 0.257 e. The van der Waals surface area contributed by atoms with Crippen LogP contribution >= 0.6 is 22.9 Å². The lowest BCUT2D eigenvalue weighted by atomic mass is 10.1. The van der Waals surface area contributed by atoms with E-state index in [-0.39, 0.29) is 16.5 Å². The van der Waals surface area contributed by atoms with Crippen molar-refractivity contribution in [1.29, 1.82) is 0 Å². The van der Waals surface area contributed by atoms with Gasteiger partial charge in [-0.3, -0.25) is 14.0 Å². The van der Waals surface area contributed by atoms with E-state index in [9.17, 15) is 14.0 Å². The van der Waals surface area contributed by atoms with Crippen molar-refractivity contribution in [3.8, 4) is 22.6 Å². The van der Waals surface area contributed by atoms with E-state index in [4.69, 9.17) is 21.6 Å². The molecule has 1 fully saturated rings. The highest BCUT2D eigenvalue weighted by Gasteiger charge is 2.22. The molecular formula is C32H23ClFN7O2S. The lowest BCUT2D eigenvalue weighted by molar-refractivity contribution is -0.117. The minimum atomic E-state index is -0.518. The molecular weight excluding hydrogens is 601 g/mol. The molecule has 0 radical (unpaired) electrons. The third kappa shape index (κ3) is 5.38. The molecule has 0 unspecified atom stereocenters. The highest BCUT2D eigenvalue weighted by atomic mass is 35.5. The average molecular weight is 624 g/mol. The third-order valence-electron chi connectivity index (χ3n) is 7.22. The Kier molecular flexibility index (Phi) is 7.24. The number of amides is 2. The number of anilines is 4. The zero-order valence-corrected chi connectivity index (χ0v) is 24.6. The van der Waals surface area contributed by atoms with E-state index in [0.29, 0.717) is 36.0 Å². The zero-order valence-electron chi connectivity index (χ0n) is 23.0. The minimum absolute atomic E-state index is 0.0275. The van der Waals surface area contributed by atoms with Gasteiger partial charge in [-0.2, -0.15) is 0 Å². The quantitative estimate of drug-likeness (QED) is 0.192. The Morgan fingerprint density at radius 2 is 1.86 bits per heavy atom. The molecule has 44 heavy (non-hydrogen) atoms. The molecule has 0 spiro atoms. The molecule has 3 aromatic carbocycles. The van der Waals surface area contributed by atoms with E-state index in [1.54, 1.807) is 17.2 Å². The molecule has 0 atom stereocenters. The first-order chi connectivity index (χ1) is 21.4. The summed E-state index contributed by atoms with van der Waals surface area (Å²) in [5, 5.41) is 8.09. The topological polar surface area (TPSA) is 105 Å². The Morgan fingerprint density at radius 3 is 2.70 bits per heavy atom. The summed E-state index contributed by atoms with van der Waals surface area (Å²) in [5.74, 6) is -0.462. The second-order valence-electron chi connectivity index (χ2n) is 10.1. The van der Waals surface area contributed by atoms with Crippen LogP contribution in [0.2, 0.25) is 5.02 Å². The van der Waals surface area contributed by atoms with Crippen LogP contribution in [0.4, 0.5) is 27.4 Å². The number of carbonyl (C=O) groups excluding carboxylic acids is 2. The Hall–Kier alpha value is -5.13. The molecule has 4 heterocycles. The summed E-state index contributed by atoms with van der Waals surface area (Å²) in [5.41, 5.74) is 5.12. The van der Waals surface area contributed by atoms with Gasteiger partial charge in [-0.05, 0) is 61.0 Å². The highest BCUT2D eigenvalue weighted by Crippen LogP contribution is 2.35. The lowest BCUT2D eigenvalue weighted by Crippen LogP contribution is -2.23. The maximum Gasteiger partial charge on any atom is 0.257 e. The number of hydrogen-bond donors (Lipinski definition) is 2. The van der Waals surface area contributed by atoms with Gasteiger partial charge < -0.3 is 15.5 Å². The standard InChI is InChI=1S/C32H23ClFN7O2S/c33-25-17-20(34)9-10-24(25)30(43)36-21-5-1-4-19(16-21)28-29(41-14-15-44-32(41)39-28)26-11-12-35-31(38-26)37-22-6-2-7-23(18-22)40-13-3-8-27(40)42/h1-2,4-7,9-12,14-18H,3,8,13H2,(H,36,43)(H,35,37,38). The summed E-state index contributed by atoms with van der Waals surface area (Å²) in [7, 11) is 0. The lowest BCUT2D eigenvalue weighted by Gasteiger charge is -2.16. The van der Waals surface area contributed by atoms with Gasteiger partial charge in [-0.1, -0.05) is 29.8 Å². The van der Waals surface area contributed by atoms with Crippen LogP contribution in [0.25, 0.3) is 27.6 Å². The summed E-state index contributed by atoms with van der Waals surface area (Å²) in [6.07, 6.45) is 5.02. The van der Waals surface area contributed by atoms with Crippen molar-refractivity contribution in [3.05, 3.63) is 107 Å². The van der Waals surface area contributed by atoms with Gasteiger partial charge in [0.1, 0.15) is 11.5 Å². The molecule has 7 rings (SSSR count). The molecule has 2 amide bonds. The molecule has 0 aliphatic carbocycles. The molecule has 9 nitrogen and oxygen atoms in total. The second-order valence-corrected chi connectivity index (χ2v) is 11.4. The number of rotatable bonds is 7. The van der Waals surface area contributed by atoms with Gasteiger partial charge in [0.05, 0.1) is 22.0 Å². The van der Waals surface area contributed by atoms with Gasteiger partial charge >= 0.3 is 0 Å². The van der Waals surface area contributed by atoms with Crippen LogP contribution in [0.5, 0.6) is 0 Å². The van der Waals surface area contributed by atoms with Crippen LogP contribution in [0, 0.1) is 5.82 Å². The number of fused-ring (bicyclic) bond motifs is 1. The Balaban J connectivity index is 1.20. The molecule has 12 heteroatoms. The number of halogens is 2. The van der Waals surface area contributed by atoms with Crippen LogP contribution in [-0.4, -0.2) is 37.7 Å². The number of aromatic nitrogens is 4. The summed E-state index contributed by atoms with van der Waals surface area (Å²) in [6.45, 7) is 0.708. The van der Waals surface area contributed by atoms with E-state index in [0.717, 1.165) is 40.1 Å². The molecule has 0 bridgehead atoms. The fourth-order valence-corrected chi connectivity index (χ4v) is 6.17. The molecule has 1 saturated heterocycles. The summed E-state index contributed by atoms with van der Waals surface area (Å²) >= 11 is 7.59. The summed E-state index contributed by atoms with van der Waals surface area (Å²) < 4.78 is 15.5. The van der Waals surface area contributed by atoms with Crippen molar-refractivity contribution in [3.63, 3.8) is 0 Å². The van der Waals surface area contributed by atoms with E-state index >= 15 is 0 Å². The molecule has 3 aromatic heterocycles. The Labute approximate surface area is 260 Å². The van der Waals surface area contributed by atoms with Gasteiger partial charge in [0.2, 0.25) is 11.9 Å². The van der Waals surface area contributed by atoms with E-state index < -0.39 is 11.7 Å². The number of thiazole rings is 1. The van der Waals surface area contributed by atoms with Gasteiger partial charge in [0.25, 0.3) is 5.91 Å². The van der Waals surface area contributed by atoms with E-state index in [1.165, 1.54) is 23.5 Å². The van der Waals surface area contributed by atoms with Crippen LogP contribution in [0.1, 0.15) is 23.2 Å². The number of imidazole rings is 1. The van der Waals surface area contributed by atoms with Crippen molar-refractivity contribution in [2.45, 2.75) is 12.8 Å². The second kappa shape index (κ2) is 11.5. The largest absolute Gasteiger partial charge is 0.324 e. The van der Waals surface area contributed by atoms with Crippen molar-refractivity contribution in [1.82, 2.24) is 19.4 Å². The number of nitrogens with one attached hydrogen (secondary N) is 2. The molecule has 6 aromatic rings. The predicted octanol–water partition coefficient (Wildman–Crippen LogP) is 7.44. The Morgan fingerprint density at radius 1 is 1.00 bits per heavy atom. The highest BCUT2D eigenvalue weighted by molar-refractivity contribution is 7.15. The molecule has 0 saturated carbocycles. The van der Waals surface area contributed by atoms with Crippen LogP contribution in [0.15, 0.2) is 90.6 Å². The Bertz CT molecular complexity index is 2060. The first kappa shape index (κ1) is 27.7. The number of carbonyl (C=O) groups is 2. The van der Waals surface area contributed by atoms with E-state index in [2.05, 4.69) is 15.6 Å². The molecule has 1 aliphatic rings. The third-order valence-corrected chi connectivity index (χ3v) is 8.29. The minimum Gasteiger partial charge on any atom is -0.324 e. The van der Waals surface area contributed by atoms with Crippen LogP contribution < -0.4 is 15.5 Å². The molecule has 1 aliphatic heterocycles. The van der Waals surface area contributed by atoms with Crippen LogP contribution in [-0.2, 0) is 4.79 Å². The number of benzene rings is 3. The van der Waals surface area contributed by atoms with Crippen molar-refractivity contribution >= 4 is 62.7 Å². The normalized spacial score (nSPS) is 13.0. The van der Waals surface area contributed by atoms with Gasteiger partial charge in [-0.25, -0.2) is 19.3 Å². The SMILES string of the molecule is O=C(Nc1cccc(-c2nc3sccn3c2-c2ccnc(Nc3cccc(N4CCCC4=O)c3)n2)c1)c1ccc(F)cc1Cl. The van der Waals surface area contributed by atoms with Crippen molar-refractivity contribution in [2.75, 3.05) is 22.1 Å². The van der Waals surface area contributed by atoms with Crippen molar-refractivity contribution < 1.29 is 14.0 Å². The van der Waals surface area contributed by atoms with Gasteiger partial charge in [0, 0.05) is 53.4 Å². The first-order valence-electron chi connectivity index (χ1n) is 13.8. The summed E-state index contributed by atoms with van der Waals surface area (Å²) in [6, 6.07) is 20.4. The van der Waals surface area contributed by atoms with Crippen LogP contribution in [0.3, 0.4) is 0 Å².